The third kappa shape index (κ3) is 6.02. The van der Waals surface area contributed by atoms with Gasteiger partial charge in [0.15, 0.2) is 0 Å². The van der Waals surface area contributed by atoms with E-state index < -0.39 is 12.8 Å². The summed E-state index contributed by atoms with van der Waals surface area (Å²) in [4.78, 5) is 0. The second-order valence-corrected chi connectivity index (χ2v) is 4.12. The van der Waals surface area contributed by atoms with Crippen LogP contribution in [0.5, 0.6) is 0 Å². The first kappa shape index (κ1) is 15.0. The topological polar surface area (TPSA) is 21.3 Å². The number of halogens is 3. The molecular formula is C13H18F3NO. The fraction of sp³-hybridized carbons (Fsp3) is 0.538. The van der Waals surface area contributed by atoms with E-state index in [1.165, 1.54) is 0 Å². The van der Waals surface area contributed by atoms with E-state index in [0.717, 1.165) is 12.1 Å². The van der Waals surface area contributed by atoms with Crippen LogP contribution in [-0.2, 0) is 4.74 Å². The zero-order valence-electron chi connectivity index (χ0n) is 10.3. The third-order valence-corrected chi connectivity index (χ3v) is 2.60. The molecular weight excluding hydrogens is 243 g/mol. The van der Waals surface area contributed by atoms with E-state index in [1.54, 1.807) is 0 Å². The van der Waals surface area contributed by atoms with Crippen molar-refractivity contribution in [2.24, 2.45) is 0 Å². The summed E-state index contributed by atoms with van der Waals surface area (Å²) in [5.41, 5.74) is 1.11. The average molecular weight is 261 g/mol. The summed E-state index contributed by atoms with van der Waals surface area (Å²) in [6.07, 6.45) is -3.67. The Hall–Kier alpha value is -1.07. The average Bonchev–Trinajstić information content (AvgIpc) is 2.33. The van der Waals surface area contributed by atoms with Gasteiger partial charge in [-0.1, -0.05) is 30.3 Å². The van der Waals surface area contributed by atoms with Gasteiger partial charge in [0.1, 0.15) is 6.61 Å². The van der Waals surface area contributed by atoms with Crippen molar-refractivity contribution in [2.75, 3.05) is 26.8 Å². The van der Waals surface area contributed by atoms with Gasteiger partial charge in [0, 0.05) is 13.2 Å². The Kier molecular flexibility index (Phi) is 6.15. The number of alkyl halides is 3. The van der Waals surface area contributed by atoms with Crippen molar-refractivity contribution in [1.29, 1.82) is 0 Å². The van der Waals surface area contributed by atoms with Crippen molar-refractivity contribution in [3.8, 4) is 0 Å². The number of benzene rings is 1. The zero-order valence-corrected chi connectivity index (χ0v) is 10.3. The number of hydrogen-bond acceptors (Lipinski definition) is 2. The Morgan fingerprint density at radius 1 is 1.22 bits per heavy atom. The van der Waals surface area contributed by atoms with Gasteiger partial charge in [-0.2, -0.15) is 13.2 Å². The fourth-order valence-electron chi connectivity index (χ4n) is 1.77. The van der Waals surface area contributed by atoms with Gasteiger partial charge in [-0.3, -0.25) is 0 Å². The molecule has 0 amide bonds. The van der Waals surface area contributed by atoms with Gasteiger partial charge in [-0.05, 0) is 24.9 Å². The lowest BCUT2D eigenvalue weighted by Gasteiger charge is -2.17. The van der Waals surface area contributed by atoms with Gasteiger partial charge in [0.05, 0.1) is 0 Å². The number of nitrogens with one attached hydrogen (secondary N) is 1. The number of ether oxygens (including phenoxy) is 1. The molecule has 102 valence electrons. The van der Waals surface area contributed by atoms with Crippen molar-refractivity contribution in [1.82, 2.24) is 5.32 Å². The zero-order chi connectivity index (χ0) is 13.4. The van der Waals surface area contributed by atoms with Gasteiger partial charge < -0.3 is 10.1 Å². The van der Waals surface area contributed by atoms with E-state index in [1.807, 2.05) is 37.4 Å². The molecule has 0 aliphatic heterocycles. The molecule has 0 saturated carbocycles. The van der Waals surface area contributed by atoms with Crippen LogP contribution in [0.2, 0.25) is 0 Å². The van der Waals surface area contributed by atoms with Gasteiger partial charge in [0.2, 0.25) is 0 Å². The molecule has 0 heterocycles. The van der Waals surface area contributed by atoms with E-state index in [9.17, 15) is 13.2 Å². The minimum atomic E-state index is -4.24. The van der Waals surface area contributed by atoms with Crippen molar-refractivity contribution < 1.29 is 17.9 Å². The Morgan fingerprint density at radius 2 is 1.89 bits per heavy atom. The van der Waals surface area contributed by atoms with Crippen LogP contribution < -0.4 is 5.32 Å². The first-order chi connectivity index (χ1) is 8.53. The van der Waals surface area contributed by atoms with Crippen LogP contribution in [0.3, 0.4) is 0 Å². The molecule has 18 heavy (non-hydrogen) atoms. The molecule has 1 atom stereocenters. The first-order valence-corrected chi connectivity index (χ1v) is 5.87. The lowest BCUT2D eigenvalue weighted by atomic mass is 9.96. The molecule has 1 N–H and O–H groups in total. The maximum absolute atomic E-state index is 11.9. The van der Waals surface area contributed by atoms with Crippen molar-refractivity contribution >= 4 is 0 Å². The summed E-state index contributed by atoms with van der Waals surface area (Å²) < 4.78 is 40.4. The van der Waals surface area contributed by atoms with E-state index >= 15 is 0 Å². The molecule has 0 aromatic heterocycles. The van der Waals surface area contributed by atoms with Crippen molar-refractivity contribution in [3.05, 3.63) is 35.9 Å². The molecule has 0 bridgehead atoms. The quantitative estimate of drug-likeness (QED) is 0.762. The highest BCUT2D eigenvalue weighted by Gasteiger charge is 2.27. The standard InChI is InChI=1S/C13H18F3NO/c1-17-9-12(11-5-3-2-4-6-11)7-8-18-10-13(14,15)16/h2-6,12,17H,7-10H2,1H3. The number of hydrogen-bond donors (Lipinski definition) is 1. The highest BCUT2D eigenvalue weighted by Crippen LogP contribution is 2.20. The SMILES string of the molecule is CNCC(CCOCC(F)(F)F)c1ccccc1. The molecule has 1 unspecified atom stereocenters. The summed E-state index contributed by atoms with van der Waals surface area (Å²) in [5.74, 6) is 0.171. The summed E-state index contributed by atoms with van der Waals surface area (Å²) >= 11 is 0. The Bertz CT molecular complexity index is 327. The molecule has 0 spiro atoms. The van der Waals surface area contributed by atoms with Gasteiger partial charge >= 0.3 is 6.18 Å². The molecule has 1 rings (SSSR count). The molecule has 1 aromatic rings. The maximum Gasteiger partial charge on any atom is 0.411 e. The van der Waals surface area contributed by atoms with Gasteiger partial charge in [-0.25, -0.2) is 0 Å². The molecule has 1 aromatic carbocycles. The predicted octanol–water partition coefficient (Wildman–Crippen LogP) is 2.96. The van der Waals surface area contributed by atoms with Gasteiger partial charge in [-0.15, -0.1) is 0 Å². The summed E-state index contributed by atoms with van der Waals surface area (Å²) in [5, 5.41) is 3.05. The van der Waals surface area contributed by atoms with E-state index in [0.29, 0.717) is 6.42 Å². The molecule has 0 aliphatic rings. The molecule has 5 heteroatoms. The van der Waals surface area contributed by atoms with E-state index in [2.05, 4.69) is 10.1 Å². The van der Waals surface area contributed by atoms with Crippen LogP contribution in [0.25, 0.3) is 0 Å². The van der Waals surface area contributed by atoms with E-state index in [-0.39, 0.29) is 12.5 Å². The summed E-state index contributed by atoms with van der Waals surface area (Å²) in [6.45, 7) is -0.339. The van der Waals surface area contributed by atoms with Gasteiger partial charge in [0.25, 0.3) is 0 Å². The van der Waals surface area contributed by atoms with Crippen LogP contribution >= 0.6 is 0 Å². The van der Waals surface area contributed by atoms with E-state index in [4.69, 9.17) is 0 Å². The highest BCUT2D eigenvalue weighted by atomic mass is 19.4. The first-order valence-electron chi connectivity index (χ1n) is 5.87. The minimum absolute atomic E-state index is 0.112. The van der Waals surface area contributed by atoms with Crippen LogP contribution in [0.4, 0.5) is 13.2 Å². The van der Waals surface area contributed by atoms with Crippen LogP contribution in [0.1, 0.15) is 17.9 Å². The maximum atomic E-state index is 11.9. The lowest BCUT2D eigenvalue weighted by molar-refractivity contribution is -0.174. The van der Waals surface area contributed by atoms with Crippen molar-refractivity contribution in [3.63, 3.8) is 0 Å². The minimum Gasteiger partial charge on any atom is -0.372 e. The number of rotatable bonds is 7. The lowest BCUT2D eigenvalue weighted by Crippen LogP contribution is -2.21. The predicted molar refractivity (Wildman–Crippen MR) is 64.6 cm³/mol. The smallest absolute Gasteiger partial charge is 0.372 e. The number of likely N-dealkylation sites (N-methyl/N-ethyl adjacent to an activating group) is 1. The normalized spacial score (nSPS) is 13.6. The monoisotopic (exact) mass is 261 g/mol. The molecule has 0 saturated heterocycles. The second-order valence-electron chi connectivity index (χ2n) is 4.12. The Labute approximate surface area is 105 Å². The summed E-state index contributed by atoms with van der Waals surface area (Å²) in [7, 11) is 1.83. The summed E-state index contributed by atoms with van der Waals surface area (Å²) in [6, 6.07) is 9.72. The van der Waals surface area contributed by atoms with Crippen LogP contribution in [0, 0.1) is 0 Å². The highest BCUT2D eigenvalue weighted by molar-refractivity contribution is 5.19. The second kappa shape index (κ2) is 7.38. The fourth-order valence-corrected chi connectivity index (χ4v) is 1.77. The molecule has 2 nitrogen and oxygen atoms in total. The van der Waals surface area contributed by atoms with Crippen LogP contribution in [-0.4, -0.2) is 33.0 Å². The molecule has 0 fully saturated rings. The largest absolute Gasteiger partial charge is 0.411 e. The molecule has 0 aliphatic carbocycles. The third-order valence-electron chi connectivity index (χ3n) is 2.60. The van der Waals surface area contributed by atoms with Crippen molar-refractivity contribution in [2.45, 2.75) is 18.5 Å². The Morgan fingerprint density at radius 3 is 2.44 bits per heavy atom. The Balaban J connectivity index is 2.40. The van der Waals surface area contributed by atoms with Crippen LogP contribution in [0.15, 0.2) is 30.3 Å². The molecule has 0 radical (unpaired) electrons.